The van der Waals surface area contributed by atoms with Gasteiger partial charge in [0.15, 0.2) is 0 Å². The molecule has 5 heteroatoms. The molecule has 0 aliphatic carbocycles. The van der Waals surface area contributed by atoms with Crippen molar-refractivity contribution in [2.75, 3.05) is 11.9 Å². The summed E-state index contributed by atoms with van der Waals surface area (Å²) in [5.41, 5.74) is 0. The van der Waals surface area contributed by atoms with Gasteiger partial charge >= 0.3 is 5.97 Å². The second-order valence-electron chi connectivity index (χ2n) is 3.25. The molecule has 4 nitrogen and oxygen atoms in total. The average molecular weight is 266 g/mol. The maximum atomic E-state index is 11.4. The lowest BCUT2D eigenvalue weighted by Crippen LogP contribution is -2.35. The van der Waals surface area contributed by atoms with E-state index in [4.69, 9.17) is 5.11 Å². The standard InChI is InChI=1S/C9H16BrNO3/c1-6(7(2)9(13)14)8(12)11-5-3-4-10/h6-7H,3-5H2,1-2H3,(H,11,12)(H,13,14). The maximum Gasteiger partial charge on any atom is 0.307 e. The molecule has 0 aliphatic heterocycles. The molecular formula is C9H16BrNO3. The first-order chi connectivity index (χ1) is 6.50. The molecule has 2 unspecified atom stereocenters. The Morgan fingerprint density at radius 2 is 1.93 bits per heavy atom. The minimum Gasteiger partial charge on any atom is -0.481 e. The molecule has 0 bridgehead atoms. The van der Waals surface area contributed by atoms with Crippen molar-refractivity contribution in [1.29, 1.82) is 0 Å². The Labute approximate surface area is 92.2 Å². The van der Waals surface area contributed by atoms with E-state index < -0.39 is 17.8 Å². The molecule has 0 aromatic rings. The number of halogens is 1. The highest BCUT2D eigenvalue weighted by Gasteiger charge is 2.25. The summed E-state index contributed by atoms with van der Waals surface area (Å²) in [7, 11) is 0. The van der Waals surface area contributed by atoms with Crippen LogP contribution in [0.5, 0.6) is 0 Å². The first kappa shape index (κ1) is 13.4. The molecule has 0 saturated heterocycles. The normalized spacial score (nSPS) is 14.5. The molecule has 2 atom stereocenters. The van der Waals surface area contributed by atoms with Gasteiger partial charge in [0.25, 0.3) is 0 Å². The Morgan fingerprint density at radius 3 is 2.36 bits per heavy atom. The second kappa shape index (κ2) is 6.81. The lowest BCUT2D eigenvalue weighted by atomic mass is 9.95. The third kappa shape index (κ3) is 4.60. The monoisotopic (exact) mass is 265 g/mol. The summed E-state index contributed by atoms with van der Waals surface area (Å²) < 4.78 is 0. The molecule has 0 aromatic carbocycles. The fourth-order valence-corrected chi connectivity index (χ4v) is 1.16. The number of carboxylic acid groups (broad SMARTS) is 1. The van der Waals surface area contributed by atoms with E-state index in [9.17, 15) is 9.59 Å². The van der Waals surface area contributed by atoms with Crippen molar-refractivity contribution in [3.8, 4) is 0 Å². The number of carbonyl (C=O) groups excluding carboxylic acids is 1. The highest BCUT2D eigenvalue weighted by Crippen LogP contribution is 2.10. The second-order valence-corrected chi connectivity index (χ2v) is 4.04. The summed E-state index contributed by atoms with van der Waals surface area (Å²) in [6.45, 7) is 3.75. The quantitative estimate of drug-likeness (QED) is 0.561. The molecule has 0 aromatic heterocycles. The summed E-state index contributed by atoms with van der Waals surface area (Å²) in [5.74, 6) is -2.25. The molecule has 0 fully saturated rings. The van der Waals surface area contributed by atoms with Crippen LogP contribution in [0.25, 0.3) is 0 Å². The van der Waals surface area contributed by atoms with Gasteiger partial charge in [-0.05, 0) is 6.42 Å². The van der Waals surface area contributed by atoms with E-state index in [1.165, 1.54) is 6.92 Å². The summed E-state index contributed by atoms with van der Waals surface area (Å²) in [6.07, 6.45) is 0.847. The van der Waals surface area contributed by atoms with Crippen LogP contribution < -0.4 is 5.32 Å². The van der Waals surface area contributed by atoms with E-state index in [1.54, 1.807) is 6.92 Å². The Kier molecular flexibility index (Phi) is 6.53. The van der Waals surface area contributed by atoms with Crippen LogP contribution in [-0.4, -0.2) is 28.9 Å². The number of aliphatic carboxylic acids is 1. The van der Waals surface area contributed by atoms with Gasteiger partial charge < -0.3 is 10.4 Å². The first-order valence-electron chi connectivity index (χ1n) is 4.57. The van der Waals surface area contributed by atoms with Gasteiger partial charge in [-0.25, -0.2) is 0 Å². The van der Waals surface area contributed by atoms with E-state index in [0.29, 0.717) is 6.54 Å². The minimum atomic E-state index is -0.937. The van der Waals surface area contributed by atoms with Crippen molar-refractivity contribution in [3.05, 3.63) is 0 Å². The molecule has 0 rings (SSSR count). The molecule has 0 saturated carbocycles. The predicted octanol–water partition coefficient (Wildman–Crippen LogP) is 1.24. The predicted molar refractivity (Wildman–Crippen MR) is 57.4 cm³/mol. The lowest BCUT2D eigenvalue weighted by Gasteiger charge is -2.15. The van der Waals surface area contributed by atoms with Gasteiger partial charge in [-0.1, -0.05) is 29.8 Å². The van der Waals surface area contributed by atoms with Gasteiger partial charge in [-0.3, -0.25) is 9.59 Å². The molecule has 82 valence electrons. The van der Waals surface area contributed by atoms with Crippen molar-refractivity contribution in [1.82, 2.24) is 5.32 Å². The van der Waals surface area contributed by atoms with E-state index in [0.717, 1.165) is 11.8 Å². The number of amides is 1. The van der Waals surface area contributed by atoms with Crippen LogP contribution >= 0.6 is 15.9 Å². The van der Waals surface area contributed by atoms with Crippen molar-refractivity contribution < 1.29 is 14.7 Å². The number of nitrogens with one attached hydrogen (secondary N) is 1. The number of alkyl halides is 1. The molecule has 1 amide bonds. The first-order valence-corrected chi connectivity index (χ1v) is 5.69. The Hall–Kier alpha value is -0.580. The Morgan fingerprint density at radius 1 is 1.36 bits per heavy atom. The molecule has 0 heterocycles. The smallest absolute Gasteiger partial charge is 0.307 e. The number of hydrogen-bond acceptors (Lipinski definition) is 2. The fraction of sp³-hybridized carbons (Fsp3) is 0.778. The molecular weight excluding hydrogens is 250 g/mol. The van der Waals surface area contributed by atoms with Crippen molar-refractivity contribution in [2.45, 2.75) is 20.3 Å². The summed E-state index contributed by atoms with van der Waals surface area (Å²) in [6, 6.07) is 0. The third-order valence-corrected chi connectivity index (χ3v) is 2.72. The van der Waals surface area contributed by atoms with E-state index in [-0.39, 0.29) is 5.91 Å². The molecule has 14 heavy (non-hydrogen) atoms. The molecule has 2 N–H and O–H groups in total. The lowest BCUT2D eigenvalue weighted by molar-refractivity contribution is -0.146. The van der Waals surface area contributed by atoms with Gasteiger partial charge in [0.2, 0.25) is 5.91 Å². The number of carboxylic acids is 1. The van der Waals surface area contributed by atoms with Crippen molar-refractivity contribution in [3.63, 3.8) is 0 Å². The topological polar surface area (TPSA) is 66.4 Å². The maximum absolute atomic E-state index is 11.4. The average Bonchev–Trinajstić information content (AvgIpc) is 2.15. The zero-order valence-corrected chi connectivity index (χ0v) is 10.0. The number of carbonyl (C=O) groups is 2. The van der Waals surface area contributed by atoms with Gasteiger partial charge in [0.1, 0.15) is 0 Å². The molecule has 0 aliphatic rings. The zero-order chi connectivity index (χ0) is 11.1. The van der Waals surface area contributed by atoms with Gasteiger partial charge in [0.05, 0.1) is 5.92 Å². The van der Waals surface area contributed by atoms with Gasteiger partial charge in [0, 0.05) is 17.8 Å². The molecule has 0 radical (unpaired) electrons. The van der Waals surface area contributed by atoms with Crippen LogP contribution in [0.3, 0.4) is 0 Å². The summed E-state index contributed by atoms with van der Waals surface area (Å²) in [4.78, 5) is 22.0. The van der Waals surface area contributed by atoms with Crippen molar-refractivity contribution >= 4 is 27.8 Å². The van der Waals surface area contributed by atoms with Crippen LogP contribution in [0.4, 0.5) is 0 Å². The fourth-order valence-electron chi connectivity index (χ4n) is 0.880. The van der Waals surface area contributed by atoms with Gasteiger partial charge in [-0.15, -0.1) is 0 Å². The highest BCUT2D eigenvalue weighted by molar-refractivity contribution is 9.09. The summed E-state index contributed by atoms with van der Waals surface area (Å²) >= 11 is 3.24. The third-order valence-electron chi connectivity index (χ3n) is 2.16. The van der Waals surface area contributed by atoms with Crippen LogP contribution in [0.15, 0.2) is 0 Å². The van der Waals surface area contributed by atoms with Crippen LogP contribution in [0, 0.1) is 11.8 Å². The molecule has 0 spiro atoms. The Balaban J connectivity index is 3.92. The van der Waals surface area contributed by atoms with E-state index >= 15 is 0 Å². The number of rotatable bonds is 6. The van der Waals surface area contributed by atoms with Crippen LogP contribution in [0.2, 0.25) is 0 Å². The highest BCUT2D eigenvalue weighted by atomic mass is 79.9. The summed E-state index contributed by atoms with van der Waals surface area (Å²) in [5, 5.41) is 12.2. The Bertz CT molecular complexity index is 208. The van der Waals surface area contributed by atoms with E-state index in [1.807, 2.05) is 0 Å². The van der Waals surface area contributed by atoms with Crippen LogP contribution in [0.1, 0.15) is 20.3 Å². The van der Waals surface area contributed by atoms with Gasteiger partial charge in [-0.2, -0.15) is 0 Å². The minimum absolute atomic E-state index is 0.194. The SMILES string of the molecule is CC(C(=O)O)C(C)C(=O)NCCCBr. The van der Waals surface area contributed by atoms with E-state index in [2.05, 4.69) is 21.2 Å². The van der Waals surface area contributed by atoms with Crippen molar-refractivity contribution in [2.24, 2.45) is 11.8 Å². The zero-order valence-electron chi connectivity index (χ0n) is 8.42. The number of hydrogen-bond donors (Lipinski definition) is 2. The van der Waals surface area contributed by atoms with Crippen LogP contribution in [-0.2, 0) is 9.59 Å². The largest absolute Gasteiger partial charge is 0.481 e.